The van der Waals surface area contributed by atoms with Crippen molar-refractivity contribution >= 4 is 23.3 Å². The minimum absolute atomic E-state index is 0.0293. The molecule has 1 fully saturated rings. The van der Waals surface area contributed by atoms with Crippen molar-refractivity contribution in [2.24, 2.45) is 0 Å². The quantitative estimate of drug-likeness (QED) is 0.624. The normalized spacial score (nSPS) is 14.7. The molecule has 7 heteroatoms. The van der Waals surface area contributed by atoms with Gasteiger partial charge in [-0.2, -0.15) is 0 Å². The van der Waals surface area contributed by atoms with E-state index in [9.17, 15) is 9.59 Å². The average molecular weight is 348 g/mol. The van der Waals surface area contributed by atoms with Crippen LogP contribution in [-0.2, 0) is 19.1 Å². The molecule has 2 rings (SSSR count). The van der Waals surface area contributed by atoms with Crippen LogP contribution in [0.1, 0.15) is 19.3 Å². The van der Waals surface area contributed by atoms with E-state index in [0.717, 1.165) is 24.9 Å². The summed E-state index contributed by atoms with van der Waals surface area (Å²) in [6, 6.07) is 5.70. The van der Waals surface area contributed by atoms with Crippen molar-refractivity contribution in [2.45, 2.75) is 19.3 Å². The molecule has 1 N–H and O–H groups in total. The second-order valence-electron chi connectivity index (χ2n) is 5.63. The first kappa shape index (κ1) is 18.6. The number of rotatable bonds is 6. The van der Waals surface area contributed by atoms with E-state index >= 15 is 0 Å². The van der Waals surface area contributed by atoms with E-state index in [0.29, 0.717) is 11.4 Å². The van der Waals surface area contributed by atoms with Gasteiger partial charge in [0.2, 0.25) is 0 Å². The molecule has 0 atom stereocenters. The molecule has 25 heavy (non-hydrogen) atoms. The van der Waals surface area contributed by atoms with E-state index in [1.807, 2.05) is 18.2 Å². The largest absolute Gasteiger partial charge is 0.494 e. The maximum absolute atomic E-state index is 11.9. The van der Waals surface area contributed by atoms with Crippen LogP contribution in [-0.4, -0.2) is 46.4 Å². The minimum Gasteiger partial charge on any atom is -0.494 e. The molecule has 0 radical (unpaired) electrons. The van der Waals surface area contributed by atoms with Gasteiger partial charge < -0.3 is 24.4 Å². The van der Waals surface area contributed by atoms with Crippen LogP contribution < -0.4 is 15.0 Å². The smallest absolute Gasteiger partial charge is 0.354 e. The van der Waals surface area contributed by atoms with Crippen LogP contribution in [0.25, 0.3) is 0 Å². The van der Waals surface area contributed by atoms with Gasteiger partial charge in [0.1, 0.15) is 11.4 Å². The molecule has 0 amide bonds. The lowest BCUT2D eigenvalue weighted by Crippen LogP contribution is -2.29. The van der Waals surface area contributed by atoms with Crippen LogP contribution >= 0.6 is 0 Å². The Labute approximate surface area is 147 Å². The maximum atomic E-state index is 11.9. The molecule has 0 aromatic heterocycles. The summed E-state index contributed by atoms with van der Waals surface area (Å²) in [5.41, 5.74) is 1.60. The van der Waals surface area contributed by atoms with Crippen molar-refractivity contribution in [1.29, 1.82) is 0 Å². The van der Waals surface area contributed by atoms with Crippen molar-refractivity contribution in [1.82, 2.24) is 0 Å². The number of hydrogen-bond donors (Lipinski definition) is 1. The zero-order valence-electron chi connectivity index (χ0n) is 14.8. The fourth-order valence-corrected chi connectivity index (χ4v) is 2.71. The Morgan fingerprint density at radius 2 is 1.80 bits per heavy atom. The van der Waals surface area contributed by atoms with Crippen LogP contribution in [0.3, 0.4) is 0 Å². The predicted octanol–water partition coefficient (Wildman–Crippen LogP) is 2.33. The molecule has 0 spiro atoms. The van der Waals surface area contributed by atoms with Gasteiger partial charge in [0, 0.05) is 24.8 Å². The average Bonchev–Trinajstić information content (AvgIpc) is 2.67. The Balaban J connectivity index is 2.26. The summed E-state index contributed by atoms with van der Waals surface area (Å²) < 4.78 is 14.7. The molecule has 0 unspecified atom stereocenters. The van der Waals surface area contributed by atoms with Crippen molar-refractivity contribution < 1.29 is 23.8 Å². The Kier molecular flexibility index (Phi) is 6.68. The highest BCUT2D eigenvalue weighted by Gasteiger charge is 2.17. The van der Waals surface area contributed by atoms with E-state index in [1.165, 1.54) is 33.5 Å². The summed E-state index contributed by atoms with van der Waals surface area (Å²) in [6.45, 7) is 2.04. The highest BCUT2D eigenvalue weighted by molar-refractivity contribution is 5.99. The van der Waals surface area contributed by atoms with Gasteiger partial charge in [-0.3, -0.25) is 0 Å². The lowest BCUT2D eigenvalue weighted by Gasteiger charge is -2.29. The monoisotopic (exact) mass is 348 g/mol. The van der Waals surface area contributed by atoms with Crippen LogP contribution in [0.2, 0.25) is 0 Å². The number of anilines is 2. The predicted molar refractivity (Wildman–Crippen MR) is 94.8 cm³/mol. The molecular formula is C18H24N2O5. The first-order valence-electron chi connectivity index (χ1n) is 8.17. The molecule has 1 aliphatic heterocycles. The van der Waals surface area contributed by atoms with Crippen LogP contribution in [0.4, 0.5) is 11.4 Å². The van der Waals surface area contributed by atoms with Gasteiger partial charge in [-0.25, -0.2) is 9.59 Å². The van der Waals surface area contributed by atoms with Crippen LogP contribution in [0, 0.1) is 0 Å². The van der Waals surface area contributed by atoms with Gasteiger partial charge in [0.05, 0.1) is 33.1 Å². The number of nitrogens with zero attached hydrogens (tertiary/aromatic N) is 1. The van der Waals surface area contributed by atoms with E-state index in [1.54, 1.807) is 7.11 Å². The van der Waals surface area contributed by atoms with Gasteiger partial charge in [-0.05, 0) is 31.4 Å². The van der Waals surface area contributed by atoms with E-state index in [4.69, 9.17) is 9.47 Å². The molecular weight excluding hydrogens is 324 g/mol. The Morgan fingerprint density at radius 1 is 1.08 bits per heavy atom. The summed E-state index contributed by atoms with van der Waals surface area (Å²) >= 11 is 0. The molecule has 1 saturated heterocycles. The highest BCUT2D eigenvalue weighted by Crippen LogP contribution is 2.32. The number of nitrogens with one attached hydrogen (secondary N) is 1. The van der Waals surface area contributed by atoms with Crippen molar-refractivity contribution in [3.8, 4) is 5.75 Å². The summed E-state index contributed by atoms with van der Waals surface area (Å²) in [7, 11) is 4.04. The maximum Gasteiger partial charge on any atom is 0.354 e. The molecule has 0 aliphatic carbocycles. The summed E-state index contributed by atoms with van der Waals surface area (Å²) in [5, 5.41) is 2.89. The molecule has 1 aromatic carbocycles. The third-order valence-corrected chi connectivity index (χ3v) is 4.04. The van der Waals surface area contributed by atoms with E-state index < -0.39 is 11.9 Å². The van der Waals surface area contributed by atoms with Crippen molar-refractivity contribution in [3.05, 3.63) is 30.0 Å². The molecule has 0 bridgehead atoms. The third-order valence-electron chi connectivity index (χ3n) is 4.04. The summed E-state index contributed by atoms with van der Waals surface area (Å²) in [4.78, 5) is 25.6. The zero-order chi connectivity index (χ0) is 18.2. The second-order valence-corrected chi connectivity index (χ2v) is 5.63. The third kappa shape index (κ3) is 4.89. The fourth-order valence-electron chi connectivity index (χ4n) is 2.71. The number of ether oxygens (including phenoxy) is 3. The molecule has 7 nitrogen and oxygen atoms in total. The van der Waals surface area contributed by atoms with Crippen LogP contribution in [0.15, 0.2) is 30.0 Å². The standard InChI is InChI=1S/C18H24N2O5/c1-23-16-11-13(20-9-5-4-6-10-20)7-8-14(16)19-15(18(22)25-3)12-17(21)24-2/h7-8,11-12,19H,4-6,9-10H2,1-3H3/b15-12+. The van der Waals surface area contributed by atoms with Gasteiger partial charge >= 0.3 is 11.9 Å². The minimum atomic E-state index is -0.674. The summed E-state index contributed by atoms with van der Waals surface area (Å²) in [5.74, 6) is -0.757. The first-order valence-corrected chi connectivity index (χ1v) is 8.17. The lowest BCUT2D eigenvalue weighted by molar-refractivity contribution is -0.138. The highest BCUT2D eigenvalue weighted by atomic mass is 16.5. The molecule has 0 saturated carbocycles. The van der Waals surface area contributed by atoms with Crippen molar-refractivity contribution in [2.75, 3.05) is 44.6 Å². The lowest BCUT2D eigenvalue weighted by atomic mass is 10.1. The zero-order valence-corrected chi connectivity index (χ0v) is 14.8. The summed E-state index contributed by atoms with van der Waals surface area (Å²) in [6.07, 6.45) is 4.66. The number of carbonyl (C=O) groups excluding carboxylic acids is 2. The number of hydrogen-bond acceptors (Lipinski definition) is 7. The Bertz CT molecular complexity index is 651. The van der Waals surface area contributed by atoms with Gasteiger partial charge in [0.15, 0.2) is 0 Å². The first-order chi connectivity index (χ1) is 12.1. The van der Waals surface area contributed by atoms with Gasteiger partial charge in [-0.1, -0.05) is 0 Å². The number of carbonyl (C=O) groups is 2. The molecule has 136 valence electrons. The number of piperidine rings is 1. The Hall–Kier alpha value is -2.70. The molecule has 1 aliphatic rings. The Morgan fingerprint density at radius 3 is 2.40 bits per heavy atom. The van der Waals surface area contributed by atoms with Crippen LogP contribution in [0.5, 0.6) is 5.75 Å². The number of esters is 2. The van der Waals surface area contributed by atoms with Gasteiger partial charge in [-0.15, -0.1) is 0 Å². The van der Waals surface area contributed by atoms with E-state index in [2.05, 4.69) is 15.0 Å². The number of methoxy groups -OCH3 is 3. The van der Waals surface area contributed by atoms with Gasteiger partial charge in [0.25, 0.3) is 0 Å². The molecule has 1 heterocycles. The number of benzene rings is 1. The van der Waals surface area contributed by atoms with E-state index in [-0.39, 0.29) is 5.70 Å². The molecule has 1 aromatic rings. The topological polar surface area (TPSA) is 77.1 Å². The SMILES string of the molecule is COC(=O)/C=C(/Nc1ccc(N2CCCCC2)cc1OC)C(=O)OC. The second kappa shape index (κ2) is 8.96. The van der Waals surface area contributed by atoms with Crippen molar-refractivity contribution in [3.63, 3.8) is 0 Å². The fraction of sp³-hybridized carbons (Fsp3) is 0.444.